The molecular formula is C32H28ClN3O4S2. The first-order valence-electron chi connectivity index (χ1n) is 13.4. The zero-order valence-electron chi connectivity index (χ0n) is 22.8. The van der Waals surface area contributed by atoms with Gasteiger partial charge < -0.3 is 9.84 Å². The quantitative estimate of drug-likeness (QED) is 0.0749. The van der Waals surface area contributed by atoms with E-state index >= 15 is 0 Å². The van der Waals surface area contributed by atoms with Crippen LogP contribution >= 0.6 is 34.7 Å². The van der Waals surface area contributed by atoms with Crippen LogP contribution in [0.5, 0.6) is 5.75 Å². The number of anilines is 1. The van der Waals surface area contributed by atoms with Crippen molar-refractivity contribution in [3.05, 3.63) is 118 Å². The molecule has 4 aromatic rings. The molecule has 214 valence electrons. The summed E-state index contributed by atoms with van der Waals surface area (Å²) in [5.41, 5.74) is 2.35. The third kappa shape index (κ3) is 6.75. The number of hydrogen-bond acceptors (Lipinski definition) is 8. The lowest BCUT2D eigenvalue weighted by atomic mass is 9.95. The number of carbonyl (C=O) groups excluding carboxylic acids is 2. The molecule has 1 unspecified atom stereocenters. The molecule has 1 aliphatic rings. The predicted octanol–water partition coefficient (Wildman–Crippen LogP) is 7.85. The highest BCUT2D eigenvalue weighted by atomic mass is 35.5. The Labute approximate surface area is 257 Å². The Balaban J connectivity index is 1.47. The number of benzene rings is 3. The van der Waals surface area contributed by atoms with Crippen molar-refractivity contribution in [1.82, 2.24) is 10.2 Å². The number of rotatable bonds is 12. The highest BCUT2D eigenvalue weighted by molar-refractivity contribution is 8.00. The molecule has 3 aromatic carbocycles. The molecule has 10 heteroatoms. The smallest absolute Gasteiger partial charge is 0.296 e. The van der Waals surface area contributed by atoms with Crippen LogP contribution < -0.4 is 9.64 Å². The SMILES string of the molecule is CCCCOc1cccc(C2C(C(=O)C=Cc3ccccc3)=C(O)C(=O)N2c2nnc(SCc3ccccc3Cl)s2)c1. The summed E-state index contributed by atoms with van der Waals surface area (Å²) in [6.45, 7) is 2.63. The fourth-order valence-corrected chi connectivity index (χ4v) is 6.57. The Morgan fingerprint density at radius 2 is 1.88 bits per heavy atom. The summed E-state index contributed by atoms with van der Waals surface area (Å²) in [4.78, 5) is 28.4. The molecule has 0 saturated carbocycles. The summed E-state index contributed by atoms with van der Waals surface area (Å²) in [5.74, 6) is -0.625. The molecule has 0 aliphatic carbocycles. The summed E-state index contributed by atoms with van der Waals surface area (Å²) in [5, 5.41) is 20.5. The molecular weight excluding hydrogens is 590 g/mol. The van der Waals surface area contributed by atoms with Crippen LogP contribution in [-0.2, 0) is 15.3 Å². The Morgan fingerprint density at radius 3 is 2.67 bits per heavy atom. The summed E-state index contributed by atoms with van der Waals surface area (Å²) in [6.07, 6.45) is 4.91. The van der Waals surface area contributed by atoms with E-state index in [1.807, 2.05) is 66.7 Å². The van der Waals surface area contributed by atoms with Crippen LogP contribution in [-0.4, -0.2) is 33.6 Å². The van der Waals surface area contributed by atoms with E-state index in [1.165, 1.54) is 34.1 Å². The van der Waals surface area contributed by atoms with Gasteiger partial charge in [-0.1, -0.05) is 115 Å². The number of aliphatic hydroxyl groups excluding tert-OH is 1. The van der Waals surface area contributed by atoms with E-state index in [0.29, 0.717) is 33.0 Å². The molecule has 7 nitrogen and oxygen atoms in total. The average Bonchev–Trinajstić information content (AvgIpc) is 3.58. The number of aliphatic hydroxyl groups is 1. The van der Waals surface area contributed by atoms with Crippen molar-refractivity contribution in [2.24, 2.45) is 0 Å². The molecule has 2 heterocycles. The van der Waals surface area contributed by atoms with Crippen molar-refractivity contribution in [3.8, 4) is 5.75 Å². The molecule has 1 aliphatic heterocycles. The number of carbonyl (C=O) groups is 2. The van der Waals surface area contributed by atoms with E-state index in [4.69, 9.17) is 16.3 Å². The summed E-state index contributed by atoms with van der Waals surface area (Å²) in [7, 11) is 0. The van der Waals surface area contributed by atoms with Gasteiger partial charge in [-0.25, -0.2) is 0 Å². The largest absolute Gasteiger partial charge is 0.503 e. The molecule has 0 bridgehead atoms. The number of ether oxygens (including phenoxy) is 1. The Morgan fingerprint density at radius 1 is 1.10 bits per heavy atom. The van der Waals surface area contributed by atoms with Gasteiger partial charge in [0, 0.05) is 10.8 Å². The van der Waals surface area contributed by atoms with Crippen molar-refractivity contribution in [2.45, 2.75) is 35.9 Å². The van der Waals surface area contributed by atoms with Gasteiger partial charge in [0.25, 0.3) is 5.91 Å². The number of nitrogens with zero attached hydrogens (tertiary/aromatic N) is 3. The third-order valence-corrected chi connectivity index (χ3v) is 9.03. The number of allylic oxidation sites excluding steroid dienone is 1. The minimum absolute atomic E-state index is 0.0293. The highest BCUT2D eigenvalue weighted by Crippen LogP contribution is 2.44. The fourth-order valence-electron chi connectivity index (χ4n) is 4.42. The zero-order valence-corrected chi connectivity index (χ0v) is 25.2. The van der Waals surface area contributed by atoms with Crippen molar-refractivity contribution >= 4 is 57.6 Å². The summed E-state index contributed by atoms with van der Waals surface area (Å²) in [6, 6.07) is 23.2. The van der Waals surface area contributed by atoms with E-state index in [9.17, 15) is 14.7 Å². The minimum atomic E-state index is -0.922. The normalized spacial score (nSPS) is 15.1. The lowest BCUT2D eigenvalue weighted by molar-refractivity contribution is -0.117. The van der Waals surface area contributed by atoms with Gasteiger partial charge in [0.15, 0.2) is 15.9 Å². The maximum atomic E-state index is 13.6. The molecule has 0 spiro atoms. The molecule has 0 radical (unpaired) electrons. The van der Waals surface area contributed by atoms with Crippen molar-refractivity contribution in [3.63, 3.8) is 0 Å². The topological polar surface area (TPSA) is 92.6 Å². The lowest BCUT2D eigenvalue weighted by Crippen LogP contribution is -2.30. The zero-order chi connectivity index (χ0) is 29.5. The van der Waals surface area contributed by atoms with Gasteiger partial charge >= 0.3 is 0 Å². The fraction of sp³-hybridized carbons (Fsp3) is 0.188. The first kappa shape index (κ1) is 29.6. The summed E-state index contributed by atoms with van der Waals surface area (Å²) < 4.78 is 6.53. The number of amides is 1. The first-order valence-corrected chi connectivity index (χ1v) is 15.6. The third-order valence-electron chi connectivity index (χ3n) is 6.55. The number of hydrogen-bond donors (Lipinski definition) is 1. The molecule has 5 rings (SSSR count). The van der Waals surface area contributed by atoms with E-state index < -0.39 is 23.5 Å². The Hall–Kier alpha value is -3.92. The van der Waals surface area contributed by atoms with Crippen molar-refractivity contribution in [2.75, 3.05) is 11.5 Å². The van der Waals surface area contributed by atoms with E-state index in [-0.39, 0.29) is 10.7 Å². The highest BCUT2D eigenvalue weighted by Gasteiger charge is 2.45. The molecule has 0 saturated heterocycles. The monoisotopic (exact) mass is 617 g/mol. The average molecular weight is 618 g/mol. The molecule has 1 atom stereocenters. The minimum Gasteiger partial charge on any atom is -0.503 e. The second-order valence-electron chi connectivity index (χ2n) is 9.45. The van der Waals surface area contributed by atoms with E-state index in [0.717, 1.165) is 24.0 Å². The Bertz CT molecular complexity index is 1640. The predicted molar refractivity (Wildman–Crippen MR) is 168 cm³/mol. The molecule has 1 amide bonds. The number of halogens is 1. The summed E-state index contributed by atoms with van der Waals surface area (Å²) >= 11 is 8.95. The van der Waals surface area contributed by atoms with Crippen LogP contribution in [0.3, 0.4) is 0 Å². The first-order chi connectivity index (χ1) is 20.5. The number of ketones is 1. The molecule has 42 heavy (non-hydrogen) atoms. The van der Waals surface area contributed by atoms with Gasteiger partial charge in [-0.05, 0) is 47.4 Å². The van der Waals surface area contributed by atoms with Gasteiger partial charge in [0.2, 0.25) is 5.13 Å². The Kier molecular flexibility index (Phi) is 9.74. The van der Waals surface area contributed by atoms with E-state index in [1.54, 1.807) is 18.2 Å². The molecule has 0 fully saturated rings. The van der Waals surface area contributed by atoms with Crippen LogP contribution in [0.25, 0.3) is 6.08 Å². The van der Waals surface area contributed by atoms with Gasteiger partial charge in [0.1, 0.15) is 5.75 Å². The second kappa shape index (κ2) is 13.8. The van der Waals surface area contributed by atoms with Crippen LogP contribution in [0.2, 0.25) is 5.02 Å². The number of thioether (sulfide) groups is 1. The van der Waals surface area contributed by atoms with E-state index in [2.05, 4.69) is 17.1 Å². The second-order valence-corrected chi connectivity index (χ2v) is 12.0. The van der Waals surface area contributed by atoms with Crippen molar-refractivity contribution < 1.29 is 19.4 Å². The molecule has 1 N–H and O–H groups in total. The maximum Gasteiger partial charge on any atom is 0.296 e. The van der Waals surface area contributed by atoms with Gasteiger partial charge in [-0.15, -0.1) is 10.2 Å². The number of aromatic nitrogens is 2. The van der Waals surface area contributed by atoms with Gasteiger partial charge in [-0.3, -0.25) is 14.5 Å². The van der Waals surface area contributed by atoms with Crippen LogP contribution in [0, 0.1) is 0 Å². The van der Waals surface area contributed by atoms with Crippen molar-refractivity contribution in [1.29, 1.82) is 0 Å². The number of unbranched alkanes of at least 4 members (excludes halogenated alkanes) is 1. The standard InChI is InChI=1S/C32H28ClN3O4S2/c1-2-3-18-40-24-14-9-13-22(19-24)28-27(26(37)17-16-21-10-5-4-6-11-21)29(38)30(39)36(28)31-34-35-32(42-31)41-20-23-12-7-8-15-25(23)33/h4-17,19,28,38H,2-3,18,20H2,1H3. The van der Waals surface area contributed by atoms with Crippen LogP contribution in [0.4, 0.5) is 5.13 Å². The van der Waals surface area contributed by atoms with Crippen LogP contribution in [0.15, 0.2) is 101 Å². The van der Waals surface area contributed by atoms with Gasteiger partial charge in [0.05, 0.1) is 18.2 Å². The maximum absolute atomic E-state index is 13.6. The molecule has 1 aromatic heterocycles. The van der Waals surface area contributed by atoms with Gasteiger partial charge in [-0.2, -0.15) is 0 Å². The van der Waals surface area contributed by atoms with Crippen LogP contribution in [0.1, 0.15) is 42.5 Å². The lowest BCUT2D eigenvalue weighted by Gasteiger charge is -2.24.